The minimum Gasteiger partial charge on any atom is -0.359 e. The molecule has 0 saturated heterocycles. The fourth-order valence-corrected chi connectivity index (χ4v) is 6.34. The maximum absolute atomic E-state index is 14.3. The second-order valence-electron chi connectivity index (χ2n) is 11.4. The highest BCUT2D eigenvalue weighted by Crippen LogP contribution is 2.36. The van der Waals surface area contributed by atoms with E-state index >= 15 is 0 Å². The molecule has 2 unspecified atom stereocenters. The molecule has 0 aromatic heterocycles. The van der Waals surface area contributed by atoms with Crippen molar-refractivity contribution >= 4 is 40.7 Å². The van der Waals surface area contributed by atoms with Gasteiger partial charge < -0.3 is 16.0 Å². The summed E-state index contributed by atoms with van der Waals surface area (Å²) in [5.74, 6) is -0.0151. The molecule has 3 aliphatic rings. The van der Waals surface area contributed by atoms with Crippen molar-refractivity contribution in [1.82, 2.24) is 10.6 Å². The standard InChI is InChI=1S/C35H34ClN4O3/c1-35(38-30-17-8-7-16-29(30)32(41)39-35)25-18-20-28(21-19-25)40(34(43)24-12-9-13-26(36)22-24)31(23-10-5-6-11-23)33(42)37-27-14-3-2-4-15-27/h5-13,16-22,27,31,38H,2-4,14-15H2,1H3,(H,37,42)(H,39,41). The lowest BCUT2D eigenvalue weighted by molar-refractivity contribution is -0.122. The number of nitrogens with one attached hydrogen (secondary N) is 3. The first-order valence-corrected chi connectivity index (χ1v) is 15.1. The highest BCUT2D eigenvalue weighted by molar-refractivity contribution is 6.31. The average molecular weight is 594 g/mol. The van der Waals surface area contributed by atoms with E-state index in [1.54, 1.807) is 35.2 Å². The Morgan fingerprint density at radius 2 is 1.65 bits per heavy atom. The molecule has 0 bridgehead atoms. The number of fused-ring (bicyclic) bond motifs is 1. The van der Waals surface area contributed by atoms with Gasteiger partial charge >= 0.3 is 0 Å². The second-order valence-corrected chi connectivity index (χ2v) is 11.9. The van der Waals surface area contributed by atoms with E-state index < -0.39 is 11.7 Å². The van der Waals surface area contributed by atoms with Crippen LogP contribution in [0.3, 0.4) is 0 Å². The molecule has 6 rings (SSSR count). The number of halogens is 1. The number of rotatable bonds is 7. The fourth-order valence-electron chi connectivity index (χ4n) is 6.14. The van der Waals surface area contributed by atoms with Gasteiger partial charge in [-0.25, -0.2) is 0 Å². The van der Waals surface area contributed by atoms with Crippen LogP contribution in [-0.4, -0.2) is 29.8 Å². The predicted octanol–water partition coefficient (Wildman–Crippen LogP) is 6.24. The summed E-state index contributed by atoms with van der Waals surface area (Å²) < 4.78 is 0. The zero-order valence-electron chi connectivity index (χ0n) is 24.0. The van der Waals surface area contributed by atoms with Gasteiger partial charge in [0, 0.05) is 33.9 Å². The second kappa shape index (κ2) is 12.4. The first-order chi connectivity index (χ1) is 20.8. The first-order valence-electron chi connectivity index (χ1n) is 14.7. The number of para-hydroxylation sites is 1. The van der Waals surface area contributed by atoms with Gasteiger partial charge in [0.25, 0.3) is 11.8 Å². The summed E-state index contributed by atoms with van der Waals surface area (Å²) in [5.41, 5.74) is 2.16. The van der Waals surface area contributed by atoms with Gasteiger partial charge in [-0.3, -0.25) is 19.3 Å². The molecule has 43 heavy (non-hydrogen) atoms. The molecule has 3 N–H and O–H groups in total. The molecule has 219 valence electrons. The Morgan fingerprint density at radius 3 is 2.37 bits per heavy atom. The lowest BCUT2D eigenvalue weighted by Crippen LogP contribution is -2.55. The first kappa shape index (κ1) is 29.2. The molecule has 3 aromatic carbocycles. The molecule has 2 fully saturated rings. The van der Waals surface area contributed by atoms with Crippen molar-refractivity contribution < 1.29 is 14.4 Å². The monoisotopic (exact) mass is 593 g/mol. The minimum atomic E-state index is -0.899. The Bertz CT molecular complexity index is 1500. The number of anilines is 2. The number of carbonyl (C=O) groups excluding carboxylic acids is 3. The number of hydrogen-bond acceptors (Lipinski definition) is 4. The third-order valence-corrected chi connectivity index (χ3v) is 8.63. The summed E-state index contributed by atoms with van der Waals surface area (Å²) in [7, 11) is 0. The van der Waals surface area contributed by atoms with Gasteiger partial charge in [0.05, 0.1) is 5.56 Å². The van der Waals surface area contributed by atoms with E-state index in [0.717, 1.165) is 42.9 Å². The summed E-state index contributed by atoms with van der Waals surface area (Å²) in [4.78, 5) is 42.8. The van der Waals surface area contributed by atoms with Crippen molar-refractivity contribution in [2.24, 2.45) is 0 Å². The van der Waals surface area contributed by atoms with E-state index in [2.05, 4.69) is 16.0 Å². The molecule has 2 saturated carbocycles. The van der Waals surface area contributed by atoms with Crippen LogP contribution < -0.4 is 20.9 Å². The summed E-state index contributed by atoms with van der Waals surface area (Å²) >= 11 is 6.29. The van der Waals surface area contributed by atoms with Crippen LogP contribution in [0, 0.1) is 31.6 Å². The third kappa shape index (κ3) is 6.14. The number of carbonyl (C=O) groups is 3. The molecule has 5 radical (unpaired) electrons. The van der Waals surface area contributed by atoms with Crippen molar-refractivity contribution in [2.75, 3.05) is 10.2 Å². The molecule has 0 spiro atoms. The quantitative estimate of drug-likeness (QED) is 0.303. The van der Waals surface area contributed by atoms with Crippen LogP contribution in [0.4, 0.5) is 11.4 Å². The maximum atomic E-state index is 14.3. The number of amides is 3. The molecular weight excluding hydrogens is 560 g/mol. The van der Waals surface area contributed by atoms with Crippen LogP contribution in [0.2, 0.25) is 5.02 Å². The smallest absolute Gasteiger partial charge is 0.259 e. The summed E-state index contributed by atoms with van der Waals surface area (Å²) in [6.07, 6.45) is 12.7. The van der Waals surface area contributed by atoms with Crippen LogP contribution in [0.5, 0.6) is 0 Å². The van der Waals surface area contributed by atoms with Gasteiger partial charge in [-0.1, -0.05) is 61.2 Å². The zero-order chi connectivity index (χ0) is 30.0. The molecule has 3 amide bonds. The van der Waals surface area contributed by atoms with Gasteiger partial charge in [-0.15, -0.1) is 0 Å². The topological polar surface area (TPSA) is 90.5 Å². The molecule has 1 heterocycles. The van der Waals surface area contributed by atoms with Crippen LogP contribution in [0.1, 0.15) is 65.3 Å². The SMILES string of the molecule is CC1(c2ccc(N(C(=O)c3cccc(Cl)c3)C([C]3[CH][CH][CH][CH]3)C(=O)NC3CCCCC3)cc2)NC(=O)c2ccccc2N1. The van der Waals surface area contributed by atoms with Crippen LogP contribution in [0.25, 0.3) is 0 Å². The third-order valence-electron chi connectivity index (χ3n) is 8.40. The fraction of sp³-hybridized carbons (Fsp3) is 0.257. The molecule has 3 aromatic rings. The van der Waals surface area contributed by atoms with Crippen molar-refractivity contribution in [1.29, 1.82) is 0 Å². The van der Waals surface area contributed by atoms with Crippen LogP contribution in [0.15, 0.2) is 72.8 Å². The van der Waals surface area contributed by atoms with E-state index in [1.165, 1.54) is 6.42 Å². The molecule has 2 aliphatic carbocycles. The molecule has 1 aliphatic heterocycles. The Balaban J connectivity index is 1.37. The summed E-state index contributed by atoms with van der Waals surface area (Å²) in [6, 6.07) is 20.7. The zero-order valence-corrected chi connectivity index (χ0v) is 24.7. The molecule has 8 heteroatoms. The minimum absolute atomic E-state index is 0.0769. The average Bonchev–Trinajstić information content (AvgIpc) is 3.54. The number of benzene rings is 3. The van der Waals surface area contributed by atoms with Crippen molar-refractivity contribution in [3.05, 3.63) is 126 Å². The van der Waals surface area contributed by atoms with E-state index in [4.69, 9.17) is 11.6 Å². The van der Waals surface area contributed by atoms with E-state index in [0.29, 0.717) is 21.8 Å². The lowest BCUT2D eigenvalue weighted by Gasteiger charge is -2.39. The number of hydrogen-bond donors (Lipinski definition) is 3. The Kier molecular flexibility index (Phi) is 8.44. The van der Waals surface area contributed by atoms with Gasteiger partial charge in [0.1, 0.15) is 11.7 Å². The lowest BCUT2D eigenvalue weighted by atomic mass is 9.91. The largest absolute Gasteiger partial charge is 0.359 e. The van der Waals surface area contributed by atoms with E-state index in [1.807, 2.05) is 75.1 Å². The van der Waals surface area contributed by atoms with Crippen molar-refractivity contribution in [3.63, 3.8) is 0 Å². The van der Waals surface area contributed by atoms with Gasteiger partial charge in [-0.2, -0.15) is 0 Å². The molecular formula is C35H34ClN4O3. The normalized spacial score (nSPS) is 21.3. The molecule has 2 atom stereocenters. The Morgan fingerprint density at radius 1 is 0.930 bits per heavy atom. The summed E-state index contributed by atoms with van der Waals surface area (Å²) in [5, 5.41) is 10.2. The van der Waals surface area contributed by atoms with Crippen molar-refractivity contribution in [3.8, 4) is 0 Å². The van der Waals surface area contributed by atoms with Gasteiger partial charge in [0.2, 0.25) is 5.91 Å². The van der Waals surface area contributed by atoms with Gasteiger partial charge in [-0.05, 0) is 93.5 Å². The van der Waals surface area contributed by atoms with Crippen LogP contribution in [-0.2, 0) is 10.5 Å². The number of nitrogens with zero attached hydrogens (tertiary/aromatic N) is 1. The van der Waals surface area contributed by atoms with E-state index in [-0.39, 0.29) is 23.8 Å². The van der Waals surface area contributed by atoms with Crippen LogP contribution >= 0.6 is 11.6 Å². The summed E-state index contributed by atoms with van der Waals surface area (Å²) in [6.45, 7) is 1.90. The van der Waals surface area contributed by atoms with E-state index in [9.17, 15) is 14.4 Å². The molecule has 7 nitrogen and oxygen atoms in total. The van der Waals surface area contributed by atoms with Crippen molar-refractivity contribution in [2.45, 2.75) is 56.8 Å². The highest BCUT2D eigenvalue weighted by atomic mass is 35.5. The Labute approximate surface area is 258 Å². The predicted molar refractivity (Wildman–Crippen MR) is 169 cm³/mol. The maximum Gasteiger partial charge on any atom is 0.259 e. The van der Waals surface area contributed by atoms with Gasteiger partial charge in [0.15, 0.2) is 0 Å². The Hall–Kier alpha value is -3.84. The highest BCUT2D eigenvalue weighted by Gasteiger charge is 2.41.